The number of halogens is 1. The average molecular weight is 357 g/mol. The van der Waals surface area contributed by atoms with Gasteiger partial charge in [0.05, 0.1) is 17.2 Å². The van der Waals surface area contributed by atoms with E-state index in [0.29, 0.717) is 28.1 Å². The van der Waals surface area contributed by atoms with Crippen molar-refractivity contribution in [3.05, 3.63) is 52.0 Å². The third-order valence-electron chi connectivity index (χ3n) is 3.37. The minimum Gasteiger partial charge on any atom is -0.436 e. The van der Waals surface area contributed by atoms with E-state index in [9.17, 15) is 5.11 Å². The first-order valence-electron chi connectivity index (χ1n) is 6.72. The zero-order chi connectivity index (χ0) is 15.9. The Morgan fingerprint density at radius 1 is 1.23 bits per heavy atom. The van der Waals surface area contributed by atoms with Gasteiger partial charge in [-0.05, 0) is 50.2 Å². The molecular formula is C17H13BrN2O2. The first-order chi connectivity index (χ1) is 10.4. The lowest BCUT2D eigenvalue weighted by atomic mass is 9.95. The van der Waals surface area contributed by atoms with E-state index in [0.717, 1.165) is 10.0 Å². The molecule has 22 heavy (non-hydrogen) atoms. The molecule has 0 radical (unpaired) electrons. The average Bonchev–Trinajstić information content (AvgIpc) is 2.89. The third kappa shape index (κ3) is 2.63. The highest BCUT2D eigenvalue weighted by Crippen LogP contribution is 2.33. The first-order valence-corrected chi connectivity index (χ1v) is 7.51. The number of aliphatic hydroxyl groups is 1. The molecular weight excluding hydrogens is 344 g/mol. The molecule has 0 aliphatic carbocycles. The van der Waals surface area contributed by atoms with Gasteiger partial charge in [0.15, 0.2) is 5.58 Å². The molecule has 0 spiro atoms. The second-order valence-corrected chi connectivity index (χ2v) is 6.48. The molecule has 3 rings (SSSR count). The van der Waals surface area contributed by atoms with E-state index in [1.165, 1.54) is 0 Å². The Balaban J connectivity index is 2.25. The summed E-state index contributed by atoms with van der Waals surface area (Å²) in [4.78, 5) is 4.45. The molecule has 110 valence electrons. The van der Waals surface area contributed by atoms with Crippen LogP contribution in [0.3, 0.4) is 0 Å². The molecule has 0 bridgehead atoms. The normalized spacial score (nSPS) is 11.6. The highest BCUT2D eigenvalue weighted by atomic mass is 79.9. The van der Waals surface area contributed by atoms with Crippen LogP contribution in [0.15, 0.2) is 45.3 Å². The van der Waals surface area contributed by atoms with E-state index >= 15 is 0 Å². The Hall–Kier alpha value is -2.16. The Morgan fingerprint density at radius 2 is 1.91 bits per heavy atom. The second kappa shape index (κ2) is 5.24. The van der Waals surface area contributed by atoms with E-state index in [1.807, 2.05) is 24.3 Å². The number of hydrogen-bond acceptors (Lipinski definition) is 4. The molecule has 1 N–H and O–H groups in total. The Labute approximate surface area is 136 Å². The number of aromatic nitrogens is 1. The minimum absolute atomic E-state index is 0.445. The van der Waals surface area contributed by atoms with E-state index < -0.39 is 5.60 Å². The predicted octanol–water partition coefficient (Wildman–Crippen LogP) is 4.36. The standard InChI is InChI=1S/C17H13BrN2O2/c1-17(2,21)13-7-10(9-19)8-14-15(13)22-16(20-14)11-3-5-12(18)6-4-11/h3-8,21H,1-2H3. The van der Waals surface area contributed by atoms with Crippen LogP contribution in [0, 0.1) is 11.3 Å². The van der Waals surface area contributed by atoms with Crippen molar-refractivity contribution in [2.24, 2.45) is 0 Å². The smallest absolute Gasteiger partial charge is 0.227 e. The molecule has 0 fully saturated rings. The molecule has 0 unspecified atom stereocenters. The second-order valence-electron chi connectivity index (χ2n) is 5.57. The number of rotatable bonds is 2. The SMILES string of the molecule is CC(C)(O)c1cc(C#N)cc2nc(-c3ccc(Br)cc3)oc12. The van der Waals surface area contributed by atoms with Gasteiger partial charge in [-0.3, -0.25) is 0 Å². The molecule has 0 aliphatic rings. The maximum absolute atomic E-state index is 10.3. The van der Waals surface area contributed by atoms with Crippen molar-refractivity contribution in [1.82, 2.24) is 4.98 Å². The quantitative estimate of drug-likeness (QED) is 0.740. The Bertz CT molecular complexity index is 884. The van der Waals surface area contributed by atoms with Crippen molar-refractivity contribution in [3.8, 4) is 17.5 Å². The highest BCUT2D eigenvalue weighted by Gasteiger charge is 2.24. The van der Waals surface area contributed by atoms with Crippen LogP contribution in [0.2, 0.25) is 0 Å². The summed E-state index contributed by atoms with van der Waals surface area (Å²) < 4.78 is 6.82. The Kier molecular flexibility index (Phi) is 3.51. The largest absolute Gasteiger partial charge is 0.436 e. The number of nitrogens with zero attached hydrogens (tertiary/aromatic N) is 2. The number of hydrogen-bond donors (Lipinski definition) is 1. The fourth-order valence-corrected chi connectivity index (χ4v) is 2.53. The summed E-state index contributed by atoms with van der Waals surface area (Å²) in [5.74, 6) is 0.461. The van der Waals surface area contributed by atoms with Crippen LogP contribution in [0.5, 0.6) is 0 Å². The molecule has 1 heterocycles. The maximum atomic E-state index is 10.3. The zero-order valence-corrected chi connectivity index (χ0v) is 13.7. The topological polar surface area (TPSA) is 70.0 Å². The summed E-state index contributed by atoms with van der Waals surface area (Å²) in [5, 5.41) is 19.5. The molecule has 1 aromatic heterocycles. The first kappa shape index (κ1) is 14.8. The van der Waals surface area contributed by atoms with Crippen molar-refractivity contribution < 1.29 is 9.52 Å². The molecule has 2 aromatic carbocycles. The van der Waals surface area contributed by atoms with Crippen LogP contribution in [0.4, 0.5) is 0 Å². The van der Waals surface area contributed by atoms with Crippen LogP contribution in [0.25, 0.3) is 22.6 Å². The van der Waals surface area contributed by atoms with Gasteiger partial charge in [0.25, 0.3) is 0 Å². The molecule has 0 amide bonds. The van der Waals surface area contributed by atoms with Gasteiger partial charge in [0.1, 0.15) is 5.52 Å². The monoisotopic (exact) mass is 356 g/mol. The van der Waals surface area contributed by atoms with Crippen molar-refractivity contribution in [3.63, 3.8) is 0 Å². The van der Waals surface area contributed by atoms with Gasteiger partial charge in [0, 0.05) is 15.6 Å². The van der Waals surface area contributed by atoms with Gasteiger partial charge in [-0.15, -0.1) is 0 Å². The van der Waals surface area contributed by atoms with Crippen LogP contribution < -0.4 is 0 Å². The van der Waals surface area contributed by atoms with E-state index in [4.69, 9.17) is 9.68 Å². The van der Waals surface area contributed by atoms with Gasteiger partial charge < -0.3 is 9.52 Å². The van der Waals surface area contributed by atoms with E-state index in [2.05, 4.69) is 27.0 Å². The molecule has 0 atom stereocenters. The van der Waals surface area contributed by atoms with Gasteiger partial charge in [-0.2, -0.15) is 5.26 Å². The lowest BCUT2D eigenvalue weighted by Crippen LogP contribution is -2.16. The minimum atomic E-state index is -1.12. The zero-order valence-electron chi connectivity index (χ0n) is 12.1. The summed E-state index contributed by atoms with van der Waals surface area (Å²) in [5.41, 5.74) is 1.78. The van der Waals surface area contributed by atoms with Crippen molar-refractivity contribution in [2.45, 2.75) is 19.4 Å². The molecule has 0 saturated heterocycles. The van der Waals surface area contributed by atoms with Gasteiger partial charge in [0.2, 0.25) is 5.89 Å². The number of fused-ring (bicyclic) bond motifs is 1. The maximum Gasteiger partial charge on any atom is 0.227 e. The summed E-state index contributed by atoms with van der Waals surface area (Å²) in [6.45, 7) is 3.31. The Morgan fingerprint density at radius 3 is 2.50 bits per heavy atom. The van der Waals surface area contributed by atoms with Crippen molar-refractivity contribution in [2.75, 3.05) is 0 Å². The number of nitriles is 1. The third-order valence-corrected chi connectivity index (χ3v) is 3.90. The van der Waals surface area contributed by atoms with Gasteiger partial charge >= 0.3 is 0 Å². The molecule has 4 nitrogen and oxygen atoms in total. The van der Waals surface area contributed by atoms with Gasteiger partial charge in [-0.1, -0.05) is 15.9 Å². The fraction of sp³-hybridized carbons (Fsp3) is 0.176. The van der Waals surface area contributed by atoms with Gasteiger partial charge in [-0.25, -0.2) is 4.98 Å². The summed E-state index contributed by atoms with van der Waals surface area (Å²) >= 11 is 3.39. The van der Waals surface area contributed by atoms with Crippen LogP contribution in [-0.2, 0) is 5.60 Å². The fourth-order valence-electron chi connectivity index (χ4n) is 2.27. The van der Waals surface area contributed by atoms with E-state index in [1.54, 1.807) is 26.0 Å². The summed E-state index contributed by atoms with van der Waals surface area (Å²) in [6.07, 6.45) is 0. The number of oxazole rings is 1. The van der Waals surface area contributed by atoms with Crippen molar-refractivity contribution in [1.29, 1.82) is 5.26 Å². The molecule has 3 aromatic rings. The van der Waals surface area contributed by atoms with Crippen LogP contribution in [-0.4, -0.2) is 10.1 Å². The molecule has 0 saturated carbocycles. The van der Waals surface area contributed by atoms with Crippen LogP contribution >= 0.6 is 15.9 Å². The number of benzene rings is 2. The predicted molar refractivity (Wildman–Crippen MR) is 87.1 cm³/mol. The molecule has 5 heteroatoms. The lowest BCUT2D eigenvalue weighted by Gasteiger charge is -2.17. The highest BCUT2D eigenvalue weighted by molar-refractivity contribution is 9.10. The lowest BCUT2D eigenvalue weighted by molar-refractivity contribution is 0.0792. The summed E-state index contributed by atoms with van der Waals surface area (Å²) in [7, 11) is 0. The van der Waals surface area contributed by atoms with E-state index in [-0.39, 0.29) is 0 Å². The van der Waals surface area contributed by atoms with Crippen molar-refractivity contribution >= 4 is 27.0 Å². The summed E-state index contributed by atoms with van der Waals surface area (Å²) in [6, 6.07) is 13.0. The van der Waals surface area contributed by atoms with Crippen LogP contribution in [0.1, 0.15) is 25.0 Å². The molecule has 0 aliphatic heterocycles.